The van der Waals surface area contributed by atoms with Crippen LogP contribution < -0.4 is 5.73 Å². The van der Waals surface area contributed by atoms with Crippen LogP contribution in [-0.4, -0.2) is 9.97 Å². The minimum absolute atomic E-state index is 0. The summed E-state index contributed by atoms with van der Waals surface area (Å²) in [6, 6.07) is 7.64. The number of H-pyrrole nitrogens is 1. The summed E-state index contributed by atoms with van der Waals surface area (Å²) in [5.41, 5.74) is 7.44. The van der Waals surface area contributed by atoms with E-state index in [9.17, 15) is 0 Å². The van der Waals surface area contributed by atoms with Gasteiger partial charge in [-0.3, -0.25) is 0 Å². The van der Waals surface area contributed by atoms with Gasteiger partial charge in [0, 0.05) is 23.6 Å². The van der Waals surface area contributed by atoms with E-state index in [2.05, 4.69) is 9.97 Å². The number of nitrogens with one attached hydrogen (secondary N) is 1. The monoisotopic (exact) mass is 231 g/mol. The van der Waals surface area contributed by atoms with Crippen LogP contribution in [0.2, 0.25) is 0 Å². The molecule has 1 aromatic carbocycles. The van der Waals surface area contributed by atoms with Crippen molar-refractivity contribution >= 4 is 30.5 Å². The topological polar surface area (TPSA) is 54.7 Å². The summed E-state index contributed by atoms with van der Waals surface area (Å²) in [5.74, 6) is 0.813. The van der Waals surface area contributed by atoms with Gasteiger partial charge in [-0.15, -0.1) is 24.8 Å². The van der Waals surface area contributed by atoms with Crippen molar-refractivity contribution in [2.45, 2.75) is 0 Å². The Morgan fingerprint density at radius 1 is 1.14 bits per heavy atom. The lowest BCUT2D eigenvalue weighted by Crippen LogP contribution is -1.89. The van der Waals surface area contributed by atoms with E-state index in [0.717, 1.165) is 17.1 Å². The van der Waals surface area contributed by atoms with Crippen molar-refractivity contribution in [2.75, 3.05) is 5.73 Å². The number of nitrogen functional groups attached to an aromatic ring is 1. The van der Waals surface area contributed by atoms with Crippen LogP contribution in [0.4, 0.5) is 5.69 Å². The summed E-state index contributed by atoms with van der Waals surface area (Å²) in [5, 5.41) is 0. The number of nitrogens with two attached hydrogens (primary N) is 1. The number of hydrogen-bond acceptors (Lipinski definition) is 2. The predicted octanol–water partition coefficient (Wildman–Crippen LogP) is 2.50. The molecule has 0 fully saturated rings. The second-order valence-corrected chi connectivity index (χ2v) is 2.53. The Kier molecular flexibility index (Phi) is 5.05. The lowest BCUT2D eigenvalue weighted by Gasteiger charge is -1.99. The smallest absolute Gasteiger partial charge is 0.139 e. The summed E-state index contributed by atoms with van der Waals surface area (Å²) in [6.07, 6.45) is 3.49. The van der Waals surface area contributed by atoms with E-state index in [1.54, 1.807) is 12.4 Å². The molecule has 0 bridgehead atoms. The van der Waals surface area contributed by atoms with Crippen molar-refractivity contribution < 1.29 is 0 Å². The van der Waals surface area contributed by atoms with Gasteiger partial charge in [0.2, 0.25) is 0 Å². The van der Waals surface area contributed by atoms with Crippen molar-refractivity contribution in [1.82, 2.24) is 9.97 Å². The van der Waals surface area contributed by atoms with Crippen LogP contribution in [0.3, 0.4) is 0 Å². The van der Waals surface area contributed by atoms with Gasteiger partial charge in [-0.25, -0.2) is 4.98 Å². The number of anilines is 1. The molecule has 1 heterocycles. The first-order chi connectivity index (χ1) is 5.88. The van der Waals surface area contributed by atoms with Crippen LogP contribution in [0.5, 0.6) is 0 Å². The predicted molar refractivity (Wildman–Crippen MR) is 62.9 cm³/mol. The van der Waals surface area contributed by atoms with E-state index in [4.69, 9.17) is 5.73 Å². The van der Waals surface area contributed by atoms with Gasteiger partial charge >= 0.3 is 0 Å². The zero-order valence-electron chi connectivity index (χ0n) is 7.31. The van der Waals surface area contributed by atoms with E-state index in [1.807, 2.05) is 24.3 Å². The zero-order valence-corrected chi connectivity index (χ0v) is 8.94. The summed E-state index contributed by atoms with van der Waals surface area (Å²) in [4.78, 5) is 7.11. The molecule has 0 saturated heterocycles. The summed E-state index contributed by atoms with van der Waals surface area (Å²) in [6.45, 7) is 0. The van der Waals surface area contributed by atoms with E-state index in [0.29, 0.717) is 0 Å². The molecule has 0 spiro atoms. The van der Waals surface area contributed by atoms with Crippen LogP contribution in [0.15, 0.2) is 36.7 Å². The third kappa shape index (κ3) is 2.40. The molecule has 0 aliphatic carbocycles. The molecule has 0 aliphatic rings. The Morgan fingerprint density at radius 3 is 2.43 bits per heavy atom. The average Bonchev–Trinajstić information content (AvgIpc) is 2.57. The minimum atomic E-state index is 0. The van der Waals surface area contributed by atoms with Crippen molar-refractivity contribution in [1.29, 1.82) is 0 Å². The highest BCUT2D eigenvalue weighted by Crippen LogP contribution is 2.20. The Balaban J connectivity index is 0.000000845. The van der Waals surface area contributed by atoms with Crippen molar-refractivity contribution in [2.24, 2.45) is 0 Å². The number of aromatic nitrogens is 2. The summed E-state index contributed by atoms with van der Waals surface area (Å²) in [7, 11) is 0. The third-order valence-corrected chi connectivity index (χ3v) is 1.71. The molecule has 76 valence electrons. The van der Waals surface area contributed by atoms with Gasteiger partial charge in [0.25, 0.3) is 0 Å². The first-order valence-electron chi connectivity index (χ1n) is 3.72. The normalized spacial score (nSPS) is 8.57. The van der Waals surface area contributed by atoms with Crippen molar-refractivity contribution in [3.05, 3.63) is 36.7 Å². The lowest BCUT2D eigenvalue weighted by atomic mass is 10.2. The maximum atomic E-state index is 5.75. The first kappa shape index (κ1) is 12.8. The quantitative estimate of drug-likeness (QED) is 0.742. The highest BCUT2D eigenvalue weighted by molar-refractivity contribution is 5.85. The van der Waals surface area contributed by atoms with Crippen LogP contribution in [0.1, 0.15) is 0 Å². The Labute approximate surface area is 94.6 Å². The Morgan fingerprint density at radius 2 is 1.86 bits per heavy atom. The molecule has 0 aliphatic heterocycles. The minimum Gasteiger partial charge on any atom is -0.398 e. The molecule has 3 N–H and O–H groups in total. The Hall–Kier alpha value is -1.19. The maximum absolute atomic E-state index is 5.75. The largest absolute Gasteiger partial charge is 0.398 e. The van der Waals surface area contributed by atoms with Gasteiger partial charge in [-0.05, 0) is 12.1 Å². The summed E-state index contributed by atoms with van der Waals surface area (Å²) >= 11 is 0. The van der Waals surface area contributed by atoms with E-state index in [1.165, 1.54) is 0 Å². The number of imidazole rings is 1. The number of nitrogens with zero attached hydrogens (tertiary/aromatic N) is 1. The number of benzene rings is 1. The molecule has 14 heavy (non-hydrogen) atoms. The molecule has 3 nitrogen and oxygen atoms in total. The SMILES string of the molecule is Cl.Cl.Nc1ccccc1-c1ncc[nH]1. The third-order valence-electron chi connectivity index (χ3n) is 1.71. The van der Waals surface area contributed by atoms with Gasteiger partial charge in [-0.2, -0.15) is 0 Å². The van der Waals surface area contributed by atoms with Crippen LogP contribution >= 0.6 is 24.8 Å². The second kappa shape index (κ2) is 5.52. The number of para-hydroxylation sites is 1. The molecule has 0 radical (unpaired) electrons. The molecule has 1 aromatic heterocycles. The summed E-state index contributed by atoms with van der Waals surface area (Å²) < 4.78 is 0. The molecular weight excluding hydrogens is 221 g/mol. The molecule has 0 atom stereocenters. The van der Waals surface area contributed by atoms with Gasteiger partial charge < -0.3 is 10.7 Å². The van der Waals surface area contributed by atoms with E-state index in [-0.39, 0.29) is 24.8 Å². The lowest BCUT2D eigenvalue weighted by molar-refractivity contribution is 1.31. The van der Waals surface area contributed by atoms with Crippen LogP contribution in [-0.2, 0) is 0 Å². The van der Waals surface area contributed by atoms with Gasteiger partial charge in [-0.1, -0.05) is 12.1 Å². The maximum Gasteiger partial charge on any atom is 0.139 e. The molecule has 0 amide bonds. The molecule has 2 rings (SSSR count). The van der Waals surface area contributed by atoms with Crippen LogP contribution in [0, 0.1) is 0 Å². The van der Waals surface area contributed by atoms with Crippen LogP contribution in [0.25, 0.3) is 11.4 Å². The highest BCUT2D eigenvalue weighted by atomic mass is 35.5. The fraction of sp³-hybridized carbons (Fsp3) is 0. The molecule has 0 unspecified atom stereocenters. The molecule has 2 aromatic rings. The van der Waals surface area contributed by atoms with Crippen molar-refractivity contribution in [3.8, 4) is 11.4 Å². The number of rotatable bonds is 1. The molecular formula is C9H11Cl2N3. The van der Waals surface area contributed by atoms with E-state index >= 15 is 0 Å². The van der Waals surface area contributed by atoms with Gasteiger partial charge in [0.15, 0.2) is 0 Å². The van der Waals surface area contributed by atoms with Gasteiger partial charge in [0.1, 0.15) is 5.82 Å². The second-order valence-electron chi connectivity index (χ2n) is 2.53. The molecule has 0 saturated carbocycles. The van der Waals surface area contributed by atoms with Crippen molar-refractivity contribution in [3.63, 3.8) is 0 Å². The highest BCUT2D eigenvalue weighted by Gasteiger charge is 2.01. The standard InChI is InChI=1S/C9H9N3.2ClH/c10-8-4-2-1-3-7(8)9-11-5-6-12-9;;/h1-6H,10H2,(H,11,12);2*1H. The Bertz CT molecular complexity index is 373. The number of hydrogen-bond donors (Lipinski definition) is 2. The molecule has 5 heteroatoms. The van der Waals surface area contributed by atoms with Gasteiger partial charge in [0.05, 0.1) is 0 Å². The van der Waals surface area contributed by atoms with E-state index < -0.39 is 0 Å². The fourth-order valence-corrected chi connectivity index (χ4v) is 1.13. The average molecular weight is 232 g/mol. The number of halogens is 2. The zero-order chi connectivity index (χ0) is 8.39. The fourth-order valence-electron chi connectivity index (χ4n) is 1.13. The first-order valence-corrected chi connectivity index (χ1v) is 3.72. The number of aromatic amines is 1.